The van der Waals surface area contributed by atoms with Gasteiger partial charge in [0.15, 0.2) is 0 Å². The van der Waals surface area contributed by atoms with Gasteiger partial charge >= 0.3 is 0 Å². The Hall–Kier alpha value is -2.25. The van der Waals surface area contributed by atoms with Crippen molar-refractivity contribution in [3.63, 3.8) is 0 Å². The maximum Gasteiger partial charge on any atom is 0.269 e. The molecular weight excluding hydrogens is 318 g/mol. The van der Waals surface area contributed by atoms with Crippen LogP contribution in [-0.2, 0) is 18.9 Å². The maximum absolute atomic E-state index is 10.9. The summed E-state index contributed by atoms with van der Waals surface area (Å²) in [5, 5.41) is 0.490. The summed E-state index contributed by atoms with van der Waals surface area (Å²) >= 11 is 0. The Labute approximate surface area is 131 Å². The summed E-state index contributed by atoms with van der Waals surface area (Å²) in [5.41, 5.74) is 3.00. The van der Waals surface area contributed by atoms with Crippen LogP contribution in [0.4, 0.5) is 0 Å². The van der Waals surface area contributed by atoms with Crippen molar-refractivity contribution in [3.05, 3.63) is 60.2 Å². The van der Waals surface area contributed by atoms with E-state index in [0.29, 0.717) is 5.16 Å². The Kier molecular flexibility index (Phi) is 4.17. The van der Waals surface area contributed by atoms with E-state index in [1.54, 1.807) is 4.57 Å². The summed E-state index contributed by atoms with van der Waals surface area (Å²) in [6.45, 7) is 2.08. The van der Waals surface area contributed by atoms with E-state index < -0.39 is 18.9 Å². The van der Waals surface area contributed by atoms with Crippen LogP contribution in [0.5, 0.6) is 0 Å². The second-order valence-electron chi connectivity index (χ2n) is 4.58. The Bertz CT molecular complexity index is 982. The first-order valence-corrected chi connectivity index (χ1v) is 9.31. The average Bonchev–Trinajstić information content (AvgIpc) is 3.07. The molecule has 1 aliphatic rings. The normalized spacial score (nSPS) is 15.2. The first-order chi connectivity index (χ1) is 10.7. The number of para-hydroxylation sites is 2. The SMILES string of the molecule is Cc1ccccc1.O=S(=O)=S1N=Cn2c1nc1ccccc12. The van der Waals surface area contributed by atoms with E-state index in [1.165, 1.54) is 11.9 Å². The molecule has 0 saturated heterocycles. The molecule has 0 bridgehead atoms. The number of fused-ring (bicyclic) bond motifs is 3. The number of aromatic nitrogens is 2. The zero-order chi connectivity index (χ0) is 15.5. The first kappa shape index (κ1) is 14.7. The number of benzene rings is 2. The van der Waals surface area contributed by atoms with Gasteiger partial charge in [-0.3, -0.25) is 4.57 Å². The van der Waals surface area contributed by atoms with Crippen molar-refractivity contribution in [3.8, 4) is 0 Å². The minimum atomic E-state index is -2.23. The number of imidazole rings is 1. The van der Waals surface area contributed by atoms with E-state index in [9.17, 15) is 8.42 Å². The van der Waals surface area contributed by atoms with Gasteiger partial charge in [-0.15, -0.1) is 0 Å². The molecule has 1 aromatic heterocycles. The van der Waals surface area contributed by atoms with Gasteiger partial charge in [-0.25, -0.2) is 4.98 Å². The lowest BCUT2D eigenvalue weighted by Crippen LogP contribution is -1.93. The molecule has 3 aromatic rings. The van der Waals surface area contributed by atoms with Crippen LogP contribution in [0.2, 0.25) is 0 Å². The highest BCUT2D eigenvalue weighted by Gasteiger charge is 2.18. The third kappa shape index (κ3) is 2.86. The minimum absolute atomic E-state index is 0.490. The Balaban J connectivity index is 0.000000174. The highest BCUT2D eigenvalue weighted by Crippen LogP contribution is 2.21. The maximum atomic E-state index is 10.9. The van der Waals surface area contributed by atoms with Gasteiger partial charge in [0.2, 0.25) is 5.16 Å². The molecule has 5 nitrogen and oxygen atoms in total. The molecule has 112 valence electrons. The van der Waals surface area contributed by atoms with Crippen molar-refractivity contribution in [2.75, 3.05) is 0 Å². The summed E-state index contributed by atoms with van der Waals surface area (Å²) in [6.07, 6.45) is 1.52. The number of rotatable bonds is 0. The van der Waals surface area contributed by atoms with Crippen LogP contribution in [0.25, 0.3) is 11.0 Å². The second-order valence-corrected chi connectivity index (χ2v) is 7.83. The van der Waals surface area contributed by atoms with E-state index in [4.69, 9.17) is 0 Å². The third-order valence-electron chi connectivity index (χ3n) is 3.05. The van der Waals surface area contributed by atoms with E-state index in [0.717, 1.165) is 11.0 Å². The Morgan fingerprint density at radius 1 is 1.00 bits per heavy atom. The van der Waals surface area contributed by atoms with E-state index >= 15 is 0 Å². The molecule has 1 aliphatic heterocycles. The second kappa shape index (κ2) is 6.25. The largest absolute Gasteiger partial charge is 0.275 e. The number of hydrogen-bond donors (Lipinski definition) is 0. The third-order valence-corrected chi connectivity index (χ3v) is 5.67. The van der Waals surface area contributed by atoms with E-state index in [1.807, 2.05) is 42.5 Å². The van der Waals surface area contributed by atoms with Crippen molar-refractivity contribution in [1.29, 1.82) is 0 Å². The van der Waals surface area contributed by atoms with Crippen molar-refractivity contribution in [2.24, 2.45) is 4.40 Å². The van der Waals surface area contributed by atoms with Gasteiger partial charge in [0.25, 0.3) is 9.26 Å². The molecule has 2 aromatic carbocycles. The molecule has 0 amide bonds. The van der Waals surface area contributed by atoms with Crippen LogP contribution in [0.1, 0.15) is 5.56 Å². The standard InChI is InChI=1S/C8H5N3O2S2.C7H8/c12-15(13)14-8-10-6-3-1-2-4-7(6)11(8)5-9-14;1-7-5-3-2-4-6-7/h1-5H;2-6H,1H3. The summed E-state index contributed by atoms with van der Waals surface area (Å²) in [7, 11) is -3.38. The van der Waals surface area contributed by atoms with Crippen molar-refractivity contribution in [1.82, 2.24) is 9.55 Å². The molecule has 4 rings (SSSR count). The van der Waals surface area contributed by atoms with Crippen molar-refractivity contribution >= 4 is 36.3 Å². The molecule has 1 unspecified atom stereocenters. The van der Waals surface area contributed by atoms with Gasteiger partial charge in [0.05, 0.1) is 11.0 Å². The highest BCUT2D eigenvalue weighted by molar-refractivity contribution is 8.33. The highest BCUT2D eigenvalue weighted by atomic mass is 32.9. The molecular formula is C15H13N3O2S2. The summed E-state index contributed by atoms with van der Waals surface area (Å²) in [4.78, 5) is 4.25. The fourth-order valence-corrected chi connectivity index (χ4v) is 4.03. The number of hydrogen-bond acceptors (Lipinski definition) is 3. The monoisotopic (exact) mass is 331 g/mol. The molecule has 0 radical (unpaired) electrons. The molecule has 0 spiro atoms. The van der Waals surface area contributed by atoms with Crippen molar-refractivity contribution < 1.29 is 8.42 Å². The van der Waals surface area contributed by atoms with Gasteiger partial charge in [-0.2, -0.15) is 12.8 Å². The lowest BCUT2D eigenvalue weighted by atomic mass is 10.2. The molecule has 7 heteroatoms. The average molecular weight is 331 g/mol. The van der Waals surface area contributed by atoms with E-state index in [-0.39, 0.29) is 0 Å². The van der Waals surface area contributed by atoms with Gasteiger partial charge in [-0.1, -0.05) is 48.0 Å². The summed E-state index contributed by atoms with van der Waals surface area (Å²) in [5.74, 6) is 0. The van der Waals surface area contributed by atoms with Gasteiger partial charge in [0.1, 0.15) is 16.0 Å². The summed E-state index contributed by atoms with van der Waals surface area (Å²) < 4.78 is 27.4. The van der Waals surface area contributed by atoms with Crippen LogP contribution in [0.15, 0.2) is 64.2 Å². The molecule has 0 N–H and O–H groups in total. The fourth-order valence-electron chi connectivity index (χ4n) is 2.02. The Morgan fingerprint density at radius 2 is 1.68 bits per heavy atom. The topological polar surface area (TPSA) is 64.3 Å². The minimum Gasteiger partial charge on any atom is -0.275 e. The lowest BCUT2D eigenvalue weighted by molar-refractivity contribution is 0.628. The number of nitrogens with zero attached hydrogens (tertiary/aromatic N) is 3. The molecule has 0 aliphatic carbocycles. The predicted molar refractivity (Wildman–Crippen MR) is 89.4 cm³/mol. The van der Waals surface area contributed by atoms with Crippen molar-refractivity contribution in [2.45, 2.75) is 12.1 Å². The van der Waals surface area contributed by atoms with Crippen LogP contribution in [0, 0.1) is 6.92 Å². The smallest absolute Gasteiger partial charge is 0.269 e. The zero-order valence-corrected chi connectivity index (χ0v) is 13.4. The molecule has 2 heterocycles. The van der Waals surface area contributed by atoms with Crippen LogP contribution >= 0.6 is 0 Å². The molecule has 0 saturated carbocycles. The van der Waals surface area contributed by atoms with Gasteiger partial charge in [0, 0.05) is 0 Å². The van der Waals surface area contributed by atoms with E-state index in [2.05, 4.69) is 28.4 Å². The first-order valence-electron chi connectivity index (χ1n) is 6.54. The molecule has 22 heavy (non-hydrogen) atoms. The molecule has 1 atom stereocenters. The van der Waals surface area contributed by atoms with Crippen LogP contribution in [-0.4, -0.2) is 24.3 Å². The van der Waals surface area contributed by atoms with Crippen LogP contribution < -0.4 is 0 Å². The zero-order valence-electron chi connectivity index (χ0n) is 11.7. The summed E-state index contributed by atoms with van der Waals surface area (Å²) in [6, 6.07) is 17.8. The lowest BCUT2D eigenvalue weighted by Gasteiger charge is -1.90. The molecule has 0 fully saturated rings. The Morgan fingerprint density at radius 3 is 2.32 bits per heavy atom. The van der Waals surface area contributed by atoms with Gasteiger partial charge in [-0.05, 0) is 19.1 Å². The predicted octanol–water partition coefficient (Wildman–Crippen LogP) is 2.61. The number of aryl methyl sites for hydroxylation is 1. The van der Waals surface area contributed by atoms with Crippen LogP contribution in [0.3, 0.4) is 0 Å². The van der Waals surface area contributed by atoms with Gasteiger partial charge < -0.3 is 0 Å². The quantitative estimate of drug-likeness (QED) is 0.636. The fraction of sp³-hybridized carbons (Fsp3) is 0.0667.